The highest BCUT2D eigenvalue weighted by Gasteiger charge is 2.25. The van der Waals surface area contributed by atoms with E-state index >= 15 is 0 Å². The second-order valence-corrected chi connectivity index (χ2v) is 7.14. The average molecular weight is 330 g/mol. The van der Waals surface area contributed by atoms with Crippen LogP contribution in [0.5, 0.6) is 0 Å². The van der Waals surface area contributed by atoms with Crippen LogP contribution in [0.3, 0.4) is 0 Å². The zero-order valence-electron chi connectivity index (χ0n) is 13.5. The zero-order chi connectivity index (χ0) is 16.2. The summed E-state index contributed by atoms with van der Waals surface area (Å²) in [5, 5.41) is 5.41. The summed E-state index contributed by atoms with van der Waals surface area (Å²) >= 11 is 1.50. The molecule has 1 atom stereocenters. The summed E-state index contributed by atoms with van der Waals surface area (Å²) < 4.78 is 0. The highest BCUT2D eigenvalue weighted by molar-refractivity contribution is 7.12. The molecule has 5 nitrogen and oxygen atoms in total. The number of hydrogen-bond donors (Lipinski definition) is 1. The van der Waals surface area contributed by atoms with E-state index in [1.165, 1.54) is 11.3 Å². The Labute approximate surface area is 140 Å². The second kappa shape index (κ2) is 7.08. The summed E-state index contributed by atoms with van der Waals surface area (Å²) in [6, 6.07) is 6.06. The Morgan fingerprint density at radius 2 is 2.30 bits per heavy atom. The molecule has 0 saturated carbocycles. The summed E-state index contributed by atoms with van der Waals surface area (Å²) in [5.41, 5.74) is 1.03. The fourth-order valence-corrected chi connectivity index (χ4v) is 3.50. The van der Waals surface area contributed by atoms with Gasteiger partial charge in [-0.1, -0.05) is 19.9 Å². The number of rotatable bonds is 4. The van der Waals surface area contributed by atoms with Gasteiger partial charge in [0.2, 0.25) is 0 Å². The summed E-state index contributed by atoms with van der Waals surface area (Å²) in [7, 11) is 0. The predicted octanol–water partition coefficient (Wildman–Crippen LogP) is 3.38. The summed E-state index contributed by atoms with van der Waals surface area (Å²) in [6.07, 6.45) is 3.67. The quantitative estimate of drug-likeness (QED) is 0.934. The Hall–Kier alpha value is -1.95. The lowest BCUT2D eigenvalue weighted by Crippen LogP contribution is -2.45. The van der Waals surface area contributed by atoms with Crippen LogP contribution >= 0.6 is 11.3 Å². The van der Waals surface area contributed by atoms with Crippen LogP contribution in [-0.2, 0) is 0 Å². The molecule has 1 fully saturated rings. The van der Waals surface area contributed by atoms with Crippen molar-refractivity contribution < 1.29 is 4.79 Å². The predicted molar refractivity (Wildman–Crippen MR) is 93.0 cm³/mol. The second-order valence-electron chi connectivity index (χ2n) is 6.19. The van der Waals surface area contributed by atoms with Crippen LogP contribution in [0.25, 0.3) is 0 Å². The number of nitrogens with zero attached hydrogens (tertiary/aromatic N) is 3. The number of nitrogens with one attached hydrogen (secondary N) is 1. The molecule has 1 aliphatic heterocycles. The first-order valence-corrected chi connectivity index (χ1v) is 8.92. The lowest BCUT2D eigenvalue weighted by Gasteiger charge is -2.33. The summed E-state index contributed by atoms with van der Waals surface area (Å²) in [4.78, 5) is 23.8. The van der Waals surface area contributed by atoms with Crippen molar-refractivity contribution in [3.63, 3.8) is 0 Å². The third-order valence-corrected chi connectivity index (χ3v) is 4.93. The van der Waals surface area contributed by atoms with Crippen LogP contribution in [0.2, 0.25) is 0 Å². The van der Waals surface area contributed by atoms with Crippen LogP contribution < -0.4 is 5.32 Å². The lowest BCUT2D eigenvalue weighted by atomic mass is 10.1. The van der Waals surface area contributed by atoms with E-state index in [2.05, 4.69) is 29.1 Å². The minimum atomic E-state index is 0.136. The van der Waals surface area contributed by atoms with Gasteiger partial charge < -0.3 is 10.2 Å². The molecule has 1 N–H and O–H groups in total. The number of anilines is 1. The summed E-state index contributed by atoms with van der Waals surface area (Å²) in [6.45, 7) is 5.79. The Bertz CT molecular complexity index is 656. The van der Waals surface area contributed by atoms with Crippen molar-refractivity contribution in [3.8, 4) is 0 Å². The number of amides is 1. The molecule has 6 heteroatoms. The first-order chi connectivity index (χ1) is 11.1. The molecular weight excluding hydrogens is 308 g/mol. The lowest BCUT2D eigenvalue weighted by molar-refractivity contribution is 0.0719. The van der Waals surface area contributed by atoms with Crippen molar-refractivity contribution in [1.82, 2.24) is 14.9 Å². The molecule has 0 aromatic carbocycles. The van der Waals surface area contributed by atoms with Gasteiger partial charge in [0, 0.05) is 30.9 Å². The molecule has 1 amide bonds. The Morgan fingerprint density at radius 1 is 1.43 bits per heavy atom. The molecule has 2 aromatic rings. The monoisotopic (exact) mass is 330 g/mol. The Kier molecular flexibility index (Phi) is 4.91. The van der Waals surface area contributed by atoms with Gasteiger partial charge in [-0.15, -0.1) is 11.3 Å². The number of piperidine rings is 1. The van der Waals surface area contributed by atoms with Crippen LogP contribution in [0.1, 0.15) is 48.0 Å². The van der Waals surface area contributed by atoms with Crippen LogP contribution in [-0.4, -0.2) is 39.9 Å². The van der Waals surface area contributed by atoms with Crippen molar-refractivity contribution in [2.75, 3.05) is 18.4 Å². The topological polar surface area (TPSA) is 58.1 Å². The van der Waals surface area contributed by atoms with Crippen molar-refractivity contribution in [2.24, 2.45) is 0 Å². The molecule has 0 spiro atoms. The number of carbonyl (C=O) groups is 1. The molecule has 0 unspecified atom stereocenters. The minimum Gasteiger partial charge on any atom is -0.365 e. The van der Waals surface area contributed by atoms with Gasteiger partial charge in [0.05, 0.1) is 4.88 Å². The molecule has 122 valence electrons. The zero-order valence-corrected chi connectivity index (χ0v) is 14.3. The number of likely N-dealkylation sites (tertiary alicyclic amines) is 1. The molecule has 1 aliphatic rings. The molecule has 23 heavy (non-hydrogen) atoms. The molecule has 3 heterocycles. The molecule has 3 rings (SSSR count). The smallest absolute Gasteiger partial charge is 0.263 e. The van der Waals surface area contributed by atoms with Gasteiger partial charge in [0.1, 0.15) is 12.1 Å². The van der Waals surface area contributed by atoms with Gasteiger partial charge >= 0.3 is 0 Å². The third-order valence-electron chi connectivity index (χ3n) is 4.07. The molecule has 0 bridgehead atoms. The van der Waals surface area contributed by atoms with E-state index in [-0.39, 0.29) is 11.9 Å². The van der Waals surface area contributed by atoms with Crippen LogP contribution in [0.15, 0.2) is 29.9 Å². The van der Waals surface area contributed by atoms with E-state index in [4.69, 9.17) is 0 Å². The fraction of sp³-hybridized carbons (Fsp3) is 0.471. The van der Waals surface area contributed by atoms with Gasteiger partial charge in [-0.3, -0.25) is 4.79 Å². The van der Waals surface area contributed by atoms with E-state index in [9.17, 15) is 4.79 Å². The fourth-order valence-electron chi connectivity index (χ4n) is 2.81. The van der Waals surface area contributed by atoms with Gasteiger partial charge in [-0.05, 0) is 30.2 Å². The van der Waals surface area contributed by atoms with Gasteiger partial charge in [0.25, 0.3) is 5.91 Å². The van der Waals surface area contributed by atoms with E-state index in [0.717, 1.165) is 42.3 Å². The summed E-state index contributed by atoms with van der Waals surface area (Å²) in [5.74, 6) is 1.36. The SMILES string of the molecule is CC(C)c1cc(N[C@@H]2CCCN(C(=O)c3cccs3)C2)ncn1. The average Bonchev–Trinajstić information content (AvgIpc) is 3.09. The first kappa shape index (κ1) is 15.9. The Morgan fingerprint density at radius 3 is 3.04 bits per heavy atom. The maximum atomic E-state index is 12.5. The molecular formula is C17H22N4OS. The molecule has 0 aliphatic carbocycles. The largest absolute Gasteiger partial charge is 0.365 e. The number of thiophene rings is 1. The van der Waals surface area contributed by atoms with Gasteiger partial charge in [-0.2, -0.15) is 0 Å². The van der Waals surface area contributed by atoms with E-state index in [0.29, 0.717) is 5.92 Å². The highest BCUT2D eigenvalue weighted by Crippen LogP contribution is 2.20. The van der Waals surface area contributed by atoms with E-state index < -0.39 is 0 Å². The number of aromatic nitrogens is 2. The van der Waals surface area contributed by atoms with Gasteiger partial charge in [-0.25, -0.2) is 9.97 Å². The van der Waals surface area contributed by atoms with E-state index in [1.54, 1.807) is 6.33 Å². The van der Waals surface area contributed by atoms with Crippen LogP contribution in [0, 0.1) is 0 Å². The normalized spacial score (nSPS) is 18.2. The van der Waals surface area contributed by atoms with Crippen LogP contribution in [0.4, 0.5) is 5.82 Å². The number of hydrogen-bond acceptors (Lipinski definition) is 5. The van der Waals surface area contributed by atoms with Crippen molar-refractivity contribution in [3.05, 3.63) is 40.5 Å². The highest BCUT2D eigenvalue weighted by atomic mass is 32.1. The van der Waals surface area contributed by atoms with Gasteiger partial charge in [0.15, 0.2) is 0 Å². The molecule has 2 aromatic heterocycles. The number of carbonyl (C=O) groups excluding carboxylic acids is 1. The standard InChI is InChI=1S/C17H22N4OS/c1-12(2)14-9-16(19-11-18-14)20-13-5-3-7-21(10-13)17(22)15-6-4-8-23-15/h4,6,8-9,11-13H,3,5,7,10H2,1-2H3,(H,18,19,20)/t13-/m1/s1. The van der Waals surface area contributed by atoms with E-state index in [1.807, 2.05) is 28.5 Å². The van der Waals surface area contributed by atoms with Crippen molar-refractivity contribution in [2.45, 2.75) is 38.6 Å². The minimum absolute atomic E-state index is 0.136. The van der Waals surface area contributed by atoms with Crippen molar-refractivity contribution >= 4 is 23.1 Å². The molecule has 1 saturated heterocycles. The third kappa shape index (κ3) is 3.88. The molecule has 0 radical (unpaired) electrons. The van der Waals surface area contributed by atoms with Crippen molar-refractivity contribution in [1.29, 1.82) is 0 Å². The first-order valence-electron chi connectivity index (χ1n) is 8.04. The Balaban J connectivity index is 1.65. The maximum absolute atomic E-state index is 12.5. The maximum Gasteiger partial charge on any atom is 0.263 e.